The van der Waals surface area contributed by atoms with E-state index >= 15 is 0 Å². The lowest BCUT2D eigenvalue weighted by Crippen LogP contribution is -2.34. The summed E-state index contributed by atoms with van der Waals surface area (Å²) in [6.07, 6.45) is 3.49. The van der Waals surface area contributed by atoms with Crippen LogP contribution in [0.3, 0.4) is 0 Å². The molecule has 0 bridgehead atoms. The fourth-order valence-electron chi connectivity index (χ4n) is 2.16. The first-order chi connectivity index (χ1) is 10.4. The Bertz CT molecular complexity index is 865. The van der Waals surface area contributed by atoms with Gasteiger partial charge in [-0.2, -0.15) is 0 Å². The number of aromatic nitrogens is 3. The molecule has 1 atom stereocenters. The van der Waals surface area contributed by atoms with Crippen LogP contribution >= 0.6 is 11.3 Å². The number of thiazole rings is 1. The number of hydrogen-bond acceptors (Lipinski definition) is 5. The van der Waals surface area contributed by atoms with Gasteiger partial charge < -0.3 is 4.57 Å². The second-order valence-corrected chi connectivity index (χ2v) is 7.96. The summed E-state index contributed by atoms with van der Waals surface area (Å²) < 4.78 is 29.8. The van der Waals surface area contributed by atoms with Gasteiger partial charge in [0.15, 0.2) is 5.03 Å². The fourth-order valence-corrected chi connectivity index (χ4v) is 4.48. The average molecular weight is 336 g/mol. The number of nitrogens with one attached hydrogen (secondary N) is 1. The van der Waals surface area contributed by atoms with Crippen molar-refractivity contribution in [2.24, 2.45) is 7.05 Å². The average Bonchev–Trinajstić information content (AvgIpc) is 3.03. The highest BCUT2D eigenvalue weighted by Gasteiger charge is 2.20. The normalized spacial score (nSPS) is 13.5. The van der Waals surface area contributed by atoms with Crippen LogP contribution in [-0.2, 0) is 23.5 Å². The highest BCUT2D eigenvalue weighted by molar-refractivity contribution is 7.89. The zero-order valence-electron chi connectivity index (χ0n) is 12.2. The maximum Gasteiger partial charge on any atom is 0.259 e. The number of aryl methyl sites for hydroxylation is 1. The predicted molar refractivity (Wildman–Crippen MR) is 86.3 cm³/mol. The summed E-state index contributed by atoms with van der Waals surface area (Å²) in [6, 6.07) is 7.63. The molecule has 0 saturated heterocycles. The SMILES string of the molecule is C[C@@H](Cc1nc2ccccc2s1)NS(=O)(=O)c1cn(C)cn1. The number of sulfonamides is 1. The second-order valence-electron chi connectivity index (χ2n) is 5.18. The molecule has 0 unspecified atom stereocenters. The smallest absolute Gasteiger partial charge is 0.259 e. The van der Waals surface area contributed by atoms with E-state index in [4.69, 9.17) is 0 Å². The zero-order valence-corrected chi connectivity index (χ0v) is 13.9. The van der Waals surface area contributed by atoms with E-state index in [9.17, 15) is 8.42 Å². The Morgan fingerprint density at radius 1 is 1.36 bits per heavy atom. The van der Waals surface area contributed by atoms with Crippen molar-refractivity contribution >= 4 is 31.6 Å². The van der Waals surface area contributed by atoms with Crippen LogP contribution in [0.5, 0.6) is 0 Å². The third-order valence-corrected chi connectivity index (χ3v) is 5.66. The van der Waals surface area contributed by atoms with E-state index in [0.29, 0.717) is 6.42 Å². The van der Waals surface area contributed by atoms with Crippen molar-refractivity contribution in [1.29, 1.82) is 0 Å². The highest BCUT2D eigenvalue weighted by Crippen LogP contribution is 2.22. The molecule has 0 spiro atoms. The van der Waals surface area contributed by atoms with Crippen LogP contribution in [-0.4, -0.2) is 29.0 Å². The van der Waals surface area contributed by atoms with E-state index in [1.807, 2.05) is 31.2 Å². The van der Waals surface area contributed by atoms with E-state index in [1.165, 1.54) is 12.5 Å². The Hall–Kier alpha value is -1.77. The third kappa shape index (κ3) is 3.18. The van der Waals surface area contributed by atoms with Gasteiger partial charge in [0, 0.05) is 25.7 Å². The van der Waals surface area contributed by atoms with Gasteiger partial charge in [0.25, 0.3) is 10.0 Å². The molecule has 2 heterocycles. The maximum atomic E-state index is 12.2. The predicted octanol–water partition coefficient (Wildman–Crippen LogP) is 1.94. The molecule has 116 valence electrons. The van der Waals surface area contributed by atoms with Crippen LogP contribution in [0.15, 0.2) is 41.8 Å². The third-order valence-electron chi connectivity index (χ3n) is 3.13. The number of hydrogen-bond donors (Lipinski definition) is 1. The van der Waals surface area contributed by atoms with Gasteiger partial charge in [-0.1, -0.05) is 12.1 Å². The maximum absolute atomic E-state index is 12.2. The van der Waals surface area contributed by atoms with E-state index in [1.54, 1.807) is 23.0 Å². The summed E-state index contributed by atoms with van der Waals surface area (Å²) in [4.78, 5) is 8.41. The molecule has 3 aromatic rings. The molecule has 0 aliphatic rings. The molecule has 2 aromatic heterocycles. The Kier molecular flexibility index (Phi) is 3.98. The van der Waals surface area contributed by atoms with Crippen LogP contribution in [0, 0.1) is 0 Å². The monoisotopic (exact) mass is 336 g/mol. The van der Waals surface area contributed by atoms with E-state index < -0.39 is 10.0 Å². The minimum Gasteiger partial charge on any atom is -0.339 e. The van der Waals surface area contributed by atoms with Gasteiger partial charge in [0.05, 0.1) is 21.6 Å². The molecule has 6 nitrogen and oxygen atoms in total. The first kappa shape index (κ1) is 15.1. The van der Waals surface area contributed by atoms with Crippen molar-refractivity contribution in [3.05, 3.63) is 41.8 Å². The summed E-state index contributed by atoms with van der Waals surface area (Å²) in [5.41, 5.74) is 0.947. The molecule has 0 aliphatic carbocycles. The van der Waals surface area contributed by atoms with Gasteiger partial charge in [-0.15, -0.1) is 11.3 Å². The van der Waals surface area contributed by atoms with Gasteiger partial charge in [-0.05, 0) is 19.1 Å². The Morgan fingerprint density at radius 3 is 2.82 bits per heavy atom. The summed E-state index contributed by atoms with van der Waals surface area (Å²) in [5.74, 6) is 0. The van der Waals surface area contributed by atoms with E-state index in [-0.39, 0.29) is 11.1 Å². The van der Waals surface area contributed by atoms with Gasteiger partial charge in [0.1, 0.15) is 0 Å². The number of benzene rings is 1. The number of para-hydroxylation sites is 1. The van der Waals surface area contributed by atoms with Gasteiger partial charge in [0.2, 0.25) is 0 Å². The molecule has 0 radical (unpaired) electrons. The number of imidazole rings is 1. The molecule has 1 N–H and O–H groups in total. The number of rotatable bonds is 5. The van der Waals surface area contributed by atoms with Crippen LogP contribution in [0.4, 0.5) is 0 Å². The fraction of sp³-hybridized carbons (Fsp3) is 0.286. The van der Waals surface area contributed by atoms with Crippen molar-refractivity contribution < 1.29 is 8.42 Å². The minimum absolute atomic E-state index is 0.0335. The summed E-state index contributed by atoms with van der Waals surface area (Å²) >= 11 is 1.59. The Labute approximate surface area is 132 Å². The van der Waals surface area contributed by atoms with Crippen LogP contribution in [0.25, 0.3) is 10.2 Å². The summed E-state index contributed by atoms with van der Waals surface area (Å²) in [7, 11) is -1.86. The van der Waals surface area contributed by atoms with Crippen molar-refractivity contribution in [1.82, 2.24) is 19.3 Å². The lowest BCUT2D eigenvalue weighted by Gasteiger charge is -2.11. The number of nitrogens with zero attached hydrogens (tertiary/aromatic N) is 3. The number of fused-ring (bicyclic) bond motifs is 1. The Balaban J connectivity index is 1.73. The van der Waals surface area contributed by atoms with Gasteiger partial charge in [-0.25, -0.2) is 23.1 Å². The van der Waals surface area contributed by atoms with Crippen molar-refractivity contribution in [3.63, 3.8) is 0 Å². The standard InChI is InChI=1S/C14H16N4O2S2/c1-10(17-22(19,20)14-8-18(2)9-15-14)7-13-16-11-5-3-4-6-12(11)21-13/h3-6,8-10,17H,7H2,1-2H3/t10-/m0/s1. The minimum atomic E-state index is -3.59. The molecule has 0 aliphatic heterocycles. The van der Waals surface area contributed by atoms with E-state index in [2.05, 4.69) is 14.7 Å². The highest BCUT2D eigenvalue weighted by atomic mass is 32.2. The van der Waals surface area contributed by atoms with E-state index in [0.717, 1.165) is 15.2 Å². The molecule has 8 heteroatoms. The van der Waals surface area contributed by atoms with Gasteiger partial charge >= 0.3 is 0 Å². The first-order valence-corrected chi connectivity index (χ1v) is 9.09. The summed E-state index contributed by atoms with van der Waals surface area (Å²) in [5, 5.41) is 0.948. The molecular formula is C14H16N4O2S2. The molecule has 0 fully saturated rings. The van der Waals surface area contributed by atoms with Crippen molar-refractivity contribution in [3.8, 4) is 0 Å². The lowest BCUT2D eigenvalue weighted by molar-refractivity contribution is 0.556. The molecule has 3 rings (SSSR count). The van der Waals surface area contributed by atoms with Crippen molar-refractivity contribution in [2.75, 3.05) is 0 Å². The molecule has 0 saturated carbocycles. The van der Waals surface area contributed by atoms with Crippen LogP contribution in [0.1, 0.15) is 11.9 Å². The Morgan fingerprint density at radius 2 is 2.14 bits per heavy atom. The molecule has 22 heavy (non-hydrogen) atoms. The zero-order chi connectivity index (χ0) is 15.7. The first-order valence-electron chi connectivity index (χ1n) is 6.79. The quantitative estimate of drug-likeness (QED) is 0.772. The largest absolute Gasteiger partial charge is 0.339 e. The van der Waals surface area contributed by atoms with Crippen molar-refractivity contribution in [2.45, 2.75) is 24.4 Å². The second kappa shape index (κ2) is 5.79. The van der Waals surface area contributed by atoms with Crippen LogP contribution in [0.2, 0.25) is 0 Å². The molecule has 1 aromatic carbocycles. The van der Waals surface area contributed by atoms with Gasteiger partial charge in [-0.3, -0.25) is 0 Å². The molecular weight excluding hydrogens is 320 g/mol. The summed E-state index contributed by atoms with van der Waals surface area (Å²) in [6.45, 7) is 1.83. The van der Waals surface area contributed by atoms with Crippen LogP contribution < -0.4 is 4.72 Å². The lowest BCUT2D eigenvalue weighted by atomic mass is 10.3. The molecule has 0 amide bonds. The topological polar surface area (TPSA) is 76.9 Å².